The Morgan fingerprint density at radius 2 is 2.29 bits per heavy atom. The fourth-order valence-electron chi connectivity index (χ4n) is 1.55. The van der Waals surface area contributed by atoms with Crippen LogP contribution < -0.4 is 15.2 Å². The van der Waals surface area contributed by atoms with Gasteiger partial charge in [0.25, 0.3) is 5.95 Å². The number of anilines is 1. The minimum Gasteiger partial charge on any atom is -0.493 e. The molecule has 0 amide bonds. The van der Waals surface area contributed by atoms with Gasteiger partial charge in [-0.05, 0) is 50.5 Å². The third-order valence-electron chi connectivity index (χ3n) is 2.50. The van der Waals surface area contributed by atoms with Crippen LogP contribution in [0.15, 0.2) is 21.7 Å². The Morgan fingerprint density at radius 3 is 2.90 bits per heavy atom. The van der Waals surface area contributed by atoms with Crippen LogP contribution in [0.1, 0.15) is 18.9 Å². The number of tetrazole rings is 1. The van der Waals surface area contributed by atoms with Crippen LogP contribution in [0.3, 0.4) is 0 Å². The topological polar surface area (TPSA) is 100 Å². The van der Waals surface area contributed by atoms with Crippen molar-refractivity contribution in [2.45, 2.75) is 13.3 Å². The van der Waals surface area contributed by atoms with Crippen molar-refractivity contribution in [2.24, 2.45) is 5.10 Å². The summed E-state index contributed by atoms with van der Waals surface area (Å²) >= 11 is 3.46. The first-order valence-corrected chi connectivity index (χ1v) is 7.03. The lowest BCUT2D eigenvalue weighted by molar-refractivity contribution is 0.292. The highest BCUT2D eigenvalue weighted by atomic mass is 79.9. The first-order chi connectivity index (χ1) is 10.2. The Bertz CT molecular complexity index is 643. The number of benzene rings is 1. The van der Waals surface area contributed by atoms with Crippen LogP contribution in [-0.2, 0) is 0 Å². The van der Waals surface area contributed by atoms with Gasteiger partial charge in [0.05, 0.1) is 24.4 Å². The van der Waals surface area contributed by atoms with Crippen molar-refractivity contribution < 1.29 is 9.47 Å². The summed E-state index contributed by atoms with van der Waals surface area (Å²) in [6.07, 6.45) is 2.49. The van der Waals surface area contributed by atoms with E-state index in [0.717, 1.165) is 21.2 Å². The number of nitrogens with two attached hydrogens (primary N) is 1. The number of aromatic nitrogens is 4. The zero-order valence-electron chi connectivity index (χ0n) is 11.7. The lowest BCUT2D eigenvalue weighted by atomic mass is 10.2. The van der Waals surface area contributed by atoms with Gasteiger partial charge < -0.3 is 15.2 Å². The average Bonchev–Trinajstić information content (AvgIpc) is 2.88. The molecule has 0 aliphatic rings. The number of nitrogens with zero attached hydrogens (tertiary/aromatic N) is 5. The van der Waals surface area contributed by atoms with Crippen LogP contribution in [0, 0.1) is 0 Å². The number of halogens is 1. The van der Waals surface area contributed by atoms with E-state index in [9.17, 15) is 0 Å². The van der Waals surface area contributed by atoms with Crippen molar-refractivity contribution in [2.75, 3.05) is 19.5 Å². The molecule has 0 bridgehead atoms. The first kappa shape index (κ1) is 15.2. The molecule has 2 rings (SSSR count). The predicted molar refractivity (Wildman–Crippen MR) is 81.7 cm³/mol. The Balaban J connectivity index is 2.27. The number of hydrogen-bond donors (Lipinski definition) is 1. The maximum atomic E-state index is 5.66. The molecule has 21 heavy (non-hydrogen) atoms. The van der Waals surface area contributed by atoms with Crippen LogP contribution in [0.4, 0.5) is 5.95 Å². The highest BCUT2D eigenvalue weighted by Crippen LogP contribution is 2.36. The number of methoxy groups -OCH3 is 1. The van der Waals surface area contributed by atoms with E-state index in [2.05, 4.69) is 36.6 Å². The van der Waals surface area contributed by atoms with Crippen molar-refractivity contribution in [1.29, 1.82) is 0 Å². The zero-order valence-corrected chi connectivity index (χ0v) is 13.2. The summed E-state index contributed by atoms with van der Waals surface area (Å²) in [7, 11) is 1.58. The van der Waals surface area contributed by atoms with Gasteiger partial charge in [-0.1, -0.05) is 16.8 Å². The van der Waals surface area contributed by atoms with Gasteiger partial charge >= 0.3 is 0 Å². The lowest BCUT2D eigenvalue weighted by Crippen LogP contribution is -2.01. The van der Waals surface area contributed by atoms with Crippen molar-refractivity contribution in [3.05, 3.63) is 22.2 Å². The van der Waals surface area contributed by atoms with E-state index in [1.807, 2.05) is 13.0 Å². The van der Waals surface area contributed by atoms with E-state index >= 15 is 0 Å². The Labute approximate surface area is 130 Å². The summed E-state index contributed by atoms with van der Waals surface area (Å²) in [5.41, 5.74) is 6.32. The van der Waals surface area contributed by atoms with E-state index in [-0.39, 0.29) is 5.95 Å². The lowest BCUT2D eigenvalue weighted by Gasteiger charge is -2.12. The van der Waals surface area contributed by atoms with Gasteiger partial charge in [-0.15, -0.1) is 0 Å². The molecule has 1 aromatic heterocycles. The summed E-state index contributed by atoms with van der Waals surface area (Å²) in [6, 6.07) is 3.66. The molecular formula is C12H15BrN6O2. The summed E-state index contributed by atoms with van der Waals surface area (Å²) in [5, 5.41) is 14.6. The largest absolute Gasteiger partial charge is 0.493 e. The standard InChI is InChI=1S/C12H15BrN6O2/c1-3-4-21-11-9(13)5-8(6-10(11)20-2)7-15-19-12(14)16-17-18-19/h5-7H,3-4H2,1-2H3,(H2,14,16,18). The van der Waals surface area contributed by atoms with Crippen molar-refractivity contribution in [1.82, 2.24) is 20.3 Å². The van der Waals surface area contributed by atoms with Gasteiger partial charge in [-0.2, -0.15) is 5.10 Å². The monoisotopic (exact) mass is 354 g/mol. The second-order valence-electron chi connectivity index (χ2n) is 4.05. The van der Waals surface area contributed by atoms with E-state index in [4.69, 9.17) is 15.2 Å². The normalized spacial score (nSPS) is 11.0. The van der Waals surface area contributed by atoms with Crippen LogP contribution in [0.2, 0.25) is 0 Å². The highest BCUT2D eigenvalue weighted by molar-refractivity contribution is 9.10. The SMILES string of the molecule is CCCOc1c(Br)cc(C=Nn2nnnc2N)cc1OC. The van der Waals surface area contributed by atoms with Crippen LogP contribution in [0.25, 0.3) is 0 Å². The quantitative estimate of drug-likeness (QED) is 0.792. The van der Waals surface area contributed by atoms with Gasteiger partial charge in [0.1, 0.15) is 0 Å². The van der Waals surface area contributed by atoms with Crippen LogP contribution in [-0.4, -0.2) is 40.2 Å². The van der Waals surface area contributed by atoms with E-state index in [1.54, 1.807) is 19.4 Å². The van der Waals surface area contributed by atoms with Crippen LogP contribution >= 0.6 is 15.9 Å². The van der Waals surface area contributed by atoms with Crippen molar-refractivity contribution in [3.63, 3.8) is 0 Å². The minimum absolute atomic E-state index is 0.111. The molecule has 8 nitrogen and oxygen atoms in total. The molecule has 0 unspecified atom stereocenters. The van der Waals surface area contributed by atoms with E-state index in [0.29, 0.717) is 18.1 Å². The molecule has 9 heteroatoms. The molecule has 0 aliphatic carbocycles. The number of nitrogen functional groups attached to an aromatic ring is 1. The minimum atomic E-state index is 0.111. The molecule has 0 atom stereocenters. The highest BCUT2D eigenvalue weighted by Gasteiger charge is 2.11. The predicted octanol–water partition coefficient (Wildman–Crippen LogP) is 1.70. The molecule has 0 saturated carbocycles. The van der Waals surface area contributed by atoms with Gasteiger partial charge in [0.2, 0.25) is 0 Å². The second kappa shape index (κ2) is 7.02. The number of rotatable bonds is 6. The average molecular weight is 355 g/mol. The molecule has 1 heterocycles. The fourth-order valence-corrected chi connectivity index (χ4v) is 2.13. The molecule has 0 aliphatic heterocycles. The second-order valence-corrected chi connectivity index (χ2v) is 4.91. The molecular weight excluding hydrogens is 340 g/mol. The van der Waals surface area contributed by atoms with Gasteiger partial charge in [-0.25, -0.2) is 0 Å². The summed E-state index contributed by atoms with van der Waals surface area (Å²) in [5.74, 6) is 1.39. The molecule has 2 aromatic rings. The molecule has 0 fully saturated rings. The van der Waals surface area contributed by atoms with Gasteiger partial charge in [0, 0.05) is 0 Å². The Morgan fingerprint density at radius 1 is 1.48 bits per heavy atom. The summed E-state index contributed by atoms with van der Waals surface area (Å²) in [4.78, 5) is 1.13. The third-order valence-corrected chi connectivity index (χ3v) is 3.08. The third kappa shape index (κ3) is 3.69. The summed E-state index contributed by atoms with van der Waals surface area (Å²) in [6.45, 7) is 2.65. The molecule has 1 aromatic carbocycles. The zero-order chi connectivity index (χ0) is 15.2. The number of ether oxygens (including phenoxy) is 2. The fraction of sp³-hybridized carbons (Fsp3) is 0.333. The maximum absolute atomic E-state index is 5.66. The Hall–Kier alpha value is -2.16. The molecule has 0 spiro atoms. The van der Waals surface area contributed by atoms with Crippen molar-refractivity contribution in [3.8, 4) is 11.5 Å². The Kier molecular flexibility index (Phi) is 5.09. The molecule has 0 saturated heterocycles. The van der Waals surface area contributed by atoms with Crippen molar-refractivity contribution >= 4 is 28.1 Å². The molecule has 2 N–H and O–H groups in total. The van der Waals surface area contributed by atoms with Crippen LogP contribution in [0.5, 0.6) is 11.5 Å². The van der Waals surface area contributed by atoms with Gasteiger partial charge in [0.15, 0.2) is 11.5 Å². The van der Waals surface area contributed by atoms with Gasteiger partial charge in [-0.3, -0.25) is 0 Å². The maximum Gasteiger partial charge on any atom is 0.263 e. The smallest absolute Gasteiger partial charge is 0.263 e. The number of hydrogen-bond acceptors (Lipinski definition) is 7. The summed E-state index contributed by atoms with van der Waals surface area (Å²) < 4.78 is 11.8. The molecule has 112 valence electrons. The first-order valence-electron chi connectivity index (χ1n) is 6.24. The van der Waals surface area contributed by atoms with E-state index in [1.165, 1.54) is 0 Å². The molecule has 0 radical (unpaired) electrons. The van der Waals surface area contributed by atoms with E-state index < -0.39 is 0 Å².